The van der Waals surface area contributed by atoms with Gasteiger partial charge in [0.15, 0.2) is 0 Å². The second-order valence-electron chi connectivity index (χ2n) is 5.96. The fourth-order valence-electron chi connectivity index (χ4n) is 2.97. The Hall–Kier alpha value is -2.32. The van der Waals surface area contributed by atoms with Gasteiger partial charge >= 0.3 is 0 Å². The van der Waals surface area contributed by atoms with Gasteiger partial charge in [0.05, 0.1) is 12.8 Å². The molecule has 0 radical (unpaired) electrons. The second kappa shape index (κ2) is 8.35. The van der Waals surface area contributed by atoms with E-state index >= 15 is 0 Å². The van der Waals surface area contributed by atoms with Gasteiger partial charge in [-0.2, -0.15) is 0 Å². The molecule has 118 valence electrons. The first kappa shape index (κ1) is 15.6. The van der Waals surface area contributed by atoms with Gasteiger partial charge in [0.1, 0.15) is 12.3 Å². The van der Waals surface area contributed by atoms with E-state index < -0.39 is 0 Å². The van der Waals surface area contributed by atoms with Crippen molar-refractivity contribution in [3.63, 3.8) is 0 Å². The number of furan rings is 1. The highest BCUT2D eigenvalue weighted by Gasteiger charge is 2.15. The maximum Gasteiger partial charge on any atom is 0.107 e. The minimum Gasteiger partial charge on any atom is -0.469 e. The predicted molar refractivity (Wildman–Crippen MR) is 93.2 cm³/mol. The number of hydrogen-bond acceptors (Lipinski definition) is 1. The molecule has 0 spiro atoms. The zero-order valence-electron chi connectivity index (χ0n) is 13.4. The molecule has 2 aromatic carbocycles. The molecule has 0 amide bonds. The van der Waals surface area contributed by atoms with Crippen LogP contribution in [0.3, 0.4) is 0 Å². The van der Waals surface area contributed by atoms with Crippen LogP contribution in [0.5, 0.6) is 0 Å². The summed E-state index contributed by atoms with van der Waals surface area (Å²) in [6.45, 7) is 2.14. The van der Waals surface area contributed by atoms with Crippen LogP contribution in [-0.2, 0) is 13.0 Å². The monoisotopic (exact) mass is 306 g/mol. The Morgan fingerprint density at radius 2 is 1.48 bits per heavy atom. The van der Waals surface area contributed by atoms with Gasteiger partial charge in [0.25, 0.3) is 0 Å². The van der Waals surface area contributed by atoms with Crippen LogP contribution >= 0.6 is 0 Å². The van der Waals surface area contributed by atoms with Crippen molar-refractivity contribution in [2.45, 2.75) is 25.3 Å². The molecule has 0 aliphatic carbocycles. The molecule has 0 saturated carbocycles. The molecule has 0 saturated heterocycles. The highest BCUT2D eigenvalue weighted by molar-refractivity contribution is 5.19. The largest absolute Gasteiger partial charge is 0.469 e. The summed E-state index contributed by atoms with van der Waals surface area (Å²) in [5, 5.41) is 2.39. The predicted octanol–water partition coefficient (Wildman–Crippen LogP) is 3.76. The molecule has 2 nitrogen and oxygen atoms in total. The van der Waals surface area contributed by atoms with Crippen LogP contribution in [0.15, 0.2) is 83.5 Å². The van der Waals surface area contributed by atoms with Crippen LogP contribution in [0, 0.1) is 0 Å². The number of quaternary nitrogens is 1. The van der Waals surface area contributed by atoms with E-state index in [9.17, 15) is 0 Å². The van der Waals surface area contributed by atoms with Crippen molar-refractivity contribution in [2.75, 3.05) is 6.54 Å². The minimum absolute atomic E-state index is 0.444. The summed E-state index contributed by atoms with van der Waals surface area (Å²) in [6.07, 6.45) is 3.93. The smallest absolute Gasteiger partial charge is 0.107 e. The van der Waals surface area contributed by atoms with Gasteiger partial charge in [-0.15, -0.1) is 0 Å². The molecular weight excluding hydrogens is 282 g/mol. The fraction of sp³-hybridized carbons (Fsp3) is 0.238. The van der Waals surface area contributed by atoms with Gasteiger partial charge in [-0.05, 0) is 24.1 Å². The Morgan fingerprint density at radius 1 is 0.783 bits per heavy atom. The average Bonchev–Trinajstić information content (AvgIpc) is 3.14. The zero-order valence-corrected chi connectivity index (χ0v) is 13.4. The topological polar surface area (TPSA) is 29.8 Å². The van der Waals surface area contributed by atoms with Crippen molar-refractivity contribution < 1.29 is 9.73 Å². The zero-order chi connectivity index (χ0) is 15.7. The lowest BCUT2D eigenvalue weighted by Crippen LogP contribution is -2.82. The Bertz CT molecular complexity index is 662. The summed E-state index contributed by atoms with van der Waals surface area (Å²) in [5.41, 5.74) is 2.75. The van der Waals surface area contributed by atoms with Gasteiger partial charge in [0, 0.05) is 17.9 Å². The Labute approximate surface area is 138 Å². The first-order valence-corrected chi connectivity index (χ1v) is 8.35. The maximum atomic E-state index is 5.67. The molecule has 0 bridgehead atoms. The van der Waals surface area contributed by atoms with E-state index in [4.69, 9.17) is 4.42 Å². The van der Waals surface area contributed by atoms with Crippen molar-refractivity contribution in [1.82, 2.24) is 0 Å². The van der Waals surface area contributed by atoms with Crippen molar-refractivity contribution in [3.05, 3.63) is 95.9 Å². The standard InChI is InChI=1S/C21H23NO/c1-3-8-18(9-4-1)16-20(21-12-7-15-23-21)13-14-22-17-19-10-5-2-6-11-19/h1-12,15,20,22H,13-14,16-17H2/p+1/t20-/m0/s1. The number of nitrogens with two attached hydrogens (primary N) is 1. The second-order valence-corrected chi connectivity index (χ2v) is 5.96. The first-order chi connectivity index (χ1) is 11.4. The normalized spacial score (nSPS) is 12.2. The highest BCUT2D eigenvalue weighted by Crippen LogP contribution is 2.24. The number of hydrogen-bond donors (Lipinski definition) is 1. The average molecular weight is 306 g/mol. The summed E-state index contributed by atoms with van der Waals surface area (Å²) < 4.78 is 5.67. The molecule has 2 heteroatoms. The van der Waals surface area contributed by atoms with Gasteiger partial charge < -0.3 is 9.73 Å². The first-order valence-electron chi connectivity index (χ1n) is 8.35. The number of rotatable bonds is 8. The lowest BCUT2D eigenvalue weighted by atomic mass is 9.94. The van der Waals surface area contributed by atoms with E-state index in [0.29, 0.717) is 5.92 Å². The molecule has 2 N–H and O–H groups in total. The summed E-state index contributed by atoms with van der Waals surface area (Å²) >= 11 is 0. The van der Waals surface area contributed by atoms with Gasteiger partial charge in [-0.3, -0.25) is 0 Å². The minimum atomic E-state index is 0.444. The molecule has 0 fully saturated rings. The molecule has 1 heterocycles. The van der Waals surface area contributed by atoms with Crippen LogP contribution in [0.4, 0.5) is 0 Å². The van der Waals surface area contributed by atoms with E-state index in [0.717, 1.165) is 31.7 Å². The summed E-state index contributed by atoms with van der Waals surface area (Å²) in [7, 11) is 0. The summed E-state index contributed by atoms with van der Waals surface area (Å²) in [4.78, 5) is 0. The van der Waals surface area contributed by atoms with Crippen LogP contribution in [-0.4, -0.2) is 6.54 Å². The van der Waals surface area contributed by atoms with E-state index in [1.165, 1.54) is 11.1 Å². The van der Waals surface area contributed by atoms with Crippen LogP contribution in [0.2, 0.25) is 0 Å². The maximum absolute atomic E-state index is 5.67. The van der Waals surface area contributed by atoms with Gasteiger partial charge in [0.2, 0.25) is 0 Å². The highest BCUT2D eigenvalue weighted by atomic mass is 16.3. The molecule has 3 rings (SSSR count). The third-order valence-electron chi connectivity index (χ3n) is 4.21. The lowest BCUT2D eigenvalue weighted by Gasteiger charge is -2.14. The third kappa shape index (κ3) is 4.83. The van der Waals surface area contributed by atoms with E-state index in [2.05, 4.69) is 72.0 Å². The summed E-state index contributed by atoms with van der Waals surface area (Å²) in [5.74, 6) is 1.54. The quantitative estimate of drug-likeness (QED) is 0.631. The van der Waals surface area contributed by atoms with Crippen LogP contribution in [0.1, 0.15) is 29.2 Å². The van der Waals surface area contributed by atoms with E-state index in [1.54, 1.807) is 6.26 Å². The lowest BCUT2D eigenvalue weighted by molar-refractivity contribution is -0.671. The van der Waals surface area contributed by atoms with Crippen molar-refractivity contribution in [3.8, 4) is 0 Å². The molecule has 0 aliphatic rings. The van der Waals surface area contributed by atoms with Crippen molar-refractivity contribution >= 4 is 0 Å². The Morgan fingerprint density at radius 3 is 2.13 bits per heavy atom. The third-order valence-corrected chi connectivity index (χ3v) is 4.21. The SMILES string of the molecule is c1ccc(C[NH2+]CC[C@@H](Cc2ccccc2)c2ccco2)cc1. The van der Waals surface area contributed by atoms with Crippen LogP contribution < -0.4 is 5.32 Å². The Balaban J connectivity index is 1.54. The summed E-state index contributed by atoms with van der Waals surface area (Å²) in [6, 6.07) is 25.4. The van der Waals surface area contributed by atoms with E-state index in [-0.39, 0.29) is 0 Å². The Kier molecular flexibility index (Phi) is 5.65. The molecule has 1 atom stereocenters. The molecular formula is C21H24NO+. The van der Waals surface area contributed by atoms with Gasteiger partial charge in [-0.25, -0.2) is 0 Å². The number of benzene rings is 2. The molecule has 0 unspecified atom stereocenters. The molecule has 3 aromatic rings. The van der Waals surface area contributed by atoms with Crippen molar-refractivity contribution in [1.29, 1.82) is 0 Å². The fourth-order valence-corrected chi connectivity index (χ4v) is 2.97. The molecule has 23 heavy (non-hydrogen) atoms. The van der Waals surface area contributed by atoms with Gasteiger partial charge in [-0.1, -0.05) is 60.7 Å². The molecule has 1 aromatic heterocycles. The molecule has 0 aliphatic heterocycles. The van der Waals surface area contributed by atoms with Crippen LogP contribution in [0.25, 0.3) is 0 Å². The van der Waals surface area contributed by atoms with E-state index in [1.807, 2.05) is 6.07 Å². The van der Waals surface area contributed by atoms with Crippen molar-refractivity contribution in [2.24, 2.45) is 0 Å².